The summed E-state index contributed by atoms with van der Waals surface area (Å²) in [7, 11) is -1.57. The molecular formula is C14H20O2Si. The summed E-state index contributed by atoms with van der Waals surface area (Å²) in [6.45, 7) is 8.18. The zero-order chi connectivity index (χ0) is 13.1. The first-order chi connectivity index (χ1) is 7.84. The molecule has 0 atom stereocenters. The first-order valence-electron chi connectivity index (χ1n) is 5.80. The Balaban J connectivity index is 2.95. The number of carbonyl (C=O) groups is 1. The van der Waals surface area contributed by atoms with E-state index in [1.807, 2.05) is 25.1 Å². The molecule has 0 spiro atoms. The van der Waals surface area contributed by atoms with Gasteiger partial charge in [0.15, 0.2) is 0 Å². The molecule has 0 aliphatic rings. The van der Waals surface area contributed by atoms with Crippen molar-refractivity contribution in [2.75, 3.05) is 0 Å². The van der Waals surface area contributed by atoms with Gasteiger partial charge in [0.05, 0.1) is 8.07 Å². The van der Waals surface area contributed by atoms with Gasteiger partial charge in [0.1, 0.15) is 0 Å². The average Bonchev–Trinajstić information content (AvgIpc) is 2.28. The zero-order valence-electron chi connectivity index (χ0n) is 10.9. The summed E-state index contributed by atoms with van der Waals surface area (Å²) in [5.41, 5.74) is 1.49. The Kier molecular flexibility index (Phi) is 4.29. The second kappa shape index (κ2) is 5.32. The average molecular weight is 248 g/mol. The van der Waals surface area contributed by atoms with Crippen molar-refractivity contribution < 1.29 is 9.90 Å². The van der Waals surface area contributed by atoms with E-state index in [0.717, 1.165) is 11.6 Å². The normalized spacial score (nSPS) is 13.2. The van der Waals surface area contributed by atoms with Gasteiger partial charge >= 0.3 is 5.97 Å². The number of rotatable bonds is 4. The third-order valence-electron chi connectivity index (χ3n) is 3.22. The molecular weight excluding hydrogens is 228 g/mol. The molecule has 0 aromatic heterocycles. The Morgan fingerprint density at radius 3 is 2.18 bits per heavy atom. The molecule has 0 heterocycles. The number of benzene rings is 1. The van der Waals surface area contributed by atoms with Gasteiger partial charge in [-0.05, 0) is 19.9 Å². The topological polar surface area (TPSA) is 37.3 Å². The number of carboxylic acids is 1. The maximum atomic E-state index is 10.9. The molecule has 1 rings (SSSR count). The van der Waals surface area contributed by atoms with E-state index in [1.165, 1.54) is 5.19 Å². The van der Waals surface area contributed by atoms with Crippen molar-refractivity contribution >= 4 is 19.2 Å². The maximum absolute atomic E-state index is 10.9. The molecule has 1 aromatic rings. The van der Waals surface area contributed by atoms with Crippen molar-refractivity contribution in [2.24, 2.45) is 0 Å². The lowest BCUT2D eigenvalue weighted by molar-refractivity contribution is -0.132. The van der Waals surface area contributed by atoms with Crippen LogP contribution in [-0.4, -0.2) is 19.1 Å². The lowest BCUT2D eigenvalue weighted by atomic mass is 10.2. The van der Waals surface area contributed by atoms with Crippen LogP contribution in [0.15, 0.2) is 41.5 Å². The van der Waals surface area contributed by atoms with E-state index in [9.17, 15) is 4.79 Å². The fourth-order valence-electron chi connectivity index (χ4n) is 1.97. The summed E-state index contributed by atoms with van der Waals surface area (Å²) in [5.74, 6) is -0.805. The van der Waals surface area contributed by atoms with Crippen LogP contribution < -0.4 is 5.19 Å². The van der Waals surface area contributed by atoms with E-state index in [0.29, 0.717) is 5.57 Å². The van der Waals surface area contributed by atoms with Crippen molar-refractivity contribution in [3.05, 3.63) is 41.5 Å². The van der Waals surface area contributed by atoms with Crippen LogP contribution in [0.3, 0.4) is 0 Å². The standard InChI is InChI=1S/C14H20O2Si/c1-11(12(2)14(15)16)10-17(3,4)13-8-6-5-7-9-13/h5-9H,10H2,1-4H3,(H,15,16). The highest BCUT2D eigenvalue weighted by atomic mass is 28.3. The van der Waals surface area contributed by atoms with Crippen molar-refractivity contribution in [2.45, 2.75) is 33.0 Å². The van der Waals surface area contributed by atoms with Crippen LogP contribution in [0.5, 0.6) is 0 Å². The fourth-order valence-corrected chi connectivity index (χ4v) is 4.86. The van der Waals surface area contributed by atoms with E-state index >= 15 is 0 Å². The monoisotopic (exact) mass is 248 g/mol. The first-order valence-corrected chi connectivity index (χ1v) is 9.00. The van der Waals surface area contributed by atoms with Gasteiger partial charge in [0, 0.05) is 5.57 Å². The van der Waals surface area contributed by atoms with Gasteiger partial charge in [-0.1, -0.05) is 54.2 Å². The molecule has 0 aliphatic carbocycles. The summed E-state index contributed by atoms with van der Waals surface area (Å²) in [5, 5.41) is 10.4. The largest absolute Gasteiger partial charge is 0.478 e. The Hall–Kier alpha value is -1.35. The quantitative estimate of drug-likeness (QED) is 0.657. The third-order valence-corrected chi connectivity index (χ3v) is 6.53. The van der Waals surface area contributed by atoms with Gasteiger partial charge in [0.25, 0.3) is 0 Å². The van der Waals surface area contributed by atoms with Crippen molar-refractivity contribution in [1.82, 2.24) is 0 Å². The number of allylic oxidation sites excluding steroid dienone is 1. The predicted octanol–water partition coefficient (Wildman–Crippen LogP) is 3.02. The molecule has 3 heteroatoms. The van der Waals surface area contributed by atoms with Crippen LogP contribution in [-0.2, 0) is 4.79 Å². The molecule has 0 fully saturated rings. The van der Waals surface area contributed by atoms with E-state index in [-0.39, 0.29) is 0 Å². The summed E-state index contributed by atoms with van der Waals surface area (Å²) in [6.07, 6.45) is 0. The number of carboxylic acid groups (broad SMARTS) is 1. The Labute approximate surface area is 104 Å². The minimum absolute atomic E-state index is 0.488. The van der Waals surface area contributed by atoms with E-state index in [1.54, 1.807) is 6.92 Å². The number of hydrogen-bond donors (Lipinski definition) is 1. The summed E-state index contributed by atoms with van der Waals surface area (Å²) >= 11 is 0. The molecule has 1 aromatic carbocycles. The minimum Gasteiger partial charge on any atom is -0.478 e. The van der Waals surface area contributed by atoms with E-state index < -0.39 is 14.0 Å². The first kappa shape index (κ1) is 13.7. The van der Waals surface area contributed by atoms with Gasteiger partial charge in [-0.2, -0.15) is 0 Å². The molecule has 0 radical (unpaired) electrons. The molecule has 0 unspecified atom stereocenters. The van der Waals surface area contributed by atoms with Crippen LogP contribution in [0, 0.1) is 0 Å². The van der Waals surface area contributed by atoms with Crippen molar-refractivity contribution in [1.29, 1.82) is 0 Å². The highest BCUT2D eigenvalue weighted by molar-refractivity contribution is 6.90. The van der Waals surface area contributed by atoms with E-state index in [2.05, 4.69) is 25.2 Å². The highest BCUT2D eigenvalue weighted by Crippen LogP contribution is 2.19. The molecule has 0 aliphatic heterocycles. The second-order valence-corrected chi connectivity index (χ2v) is 9.84. The van der Waals surface area contributed by atoms with E-state index in [4.69, 9.17) is 5.11 Å². The maximum Gasteiger partial charge on any atom is 0.331 e. The molecule has 0 amide bonds. The zero-order valence-corrected chi connectivity index (χ0v) is 11.9. The van der Waals surface area contributed by atoms with Gasteiger partial charge in [-0.15, -0.1) is 0 Å². The number of aliphatic carboxylic acids is 1. The van der Waals surface area contributed by atoms with Gasteiger partial charge in [-0.3, -0.25) is 0 Å². The van der Waals surface area contributed by atoms with Gasteiger partial charge in [0.2, 0.25) is 0 Å². The fraction of sp³-hybridized carbons (Fsp3) is 0.357. The summed E-state index contributed by atoms with van der Waals surface area (Å²) in [4.78, 5) is 10.9. The molecule has 92 valence electrons. The molecule has 0 saturated carbocycles. The van der Waals surface area contributed by atoms with Crippen molar-refractivity contribution in [3.8, 4) is 0 Å². The van der Waals surface area contributed by atoms with Gasteiger partial charge < -0.3 is 5.11 Å². The highest BCUT2D eigenvalue weighted by Gasteiger charge is 2.24. The van der Waals surface area contributed by atoms with Crippen LogP contribution in [0.2, 0.25) is 19.1 Å². The van der Waals surface area contributed by atoms with Gasteiger partial charge in [-0.25, -0.2) is 4.79 Å². The molecule has 0 saturated heterocycles. The summed E-state index contributed by atoms with van der Waals surface area (Å²) < 4.78 is 0. The molecule has 2 nitrogen and oxygen atoms in total. The second-order valence-electron chi connectivity index (χ2n) is 5.14. The Morgan fingerprint density at radius 1 is 1.18 bits per heavy atom. The Morgan fingerprint density at radius 2 is 1.71 bits per heavy atom. The van der Waals surface area contributed by atoms with Crippen LogP contribution >= 0.6 is 0 Å². The lowest BCUT2D eigenvalue weighted by Gasteiger charge is -2.24. The minimum atomic E-state index is -1.57. The van der Waals surface area contributed by atoms with Crippen LogP contribution in [0.25, 0.3) is 0 Å². The molecule has 1 N–H and O–H groups in total. The van der Waals surface area contributed by atoms with Crippen LogP contribution in [0.4, 0.5) is 0 Å². The summed E-state index contributed by atoms with van der Waals surface area (Å²) in [6, 6.07) is 11.3. The SMILES string of the molecule is CC(C[Si](C)(C)c1ccccc1)=C(C)C(=O)O. The third kappa shape index (κ3) is 3.56. The molecule has 17 heavy (non-hydrogen) atoms. The predicted molar refractivity (Wildman–Crippen MR) is 74.4 cm³/mol. The Bertz CT molecular complexity index is 433. The lowest BCUT2D eigenvalue weighted by Crippen LogP contribution is -2.41. The van der Waals surface area contributed by atoms with Crippen LogP contribution in [0.1, 0.15) is 13.8 Å². The molecule has 0 bridgehead atoms. The smallest absolute Gasteiger partial charge is 0.331 e. The number of hydrogen-bond acceptors (Lipinski definition) is 1. The van der Waals surface area contributed by atoms with Crippen molar-refractivity contribution in [3.63, 3.8) is 0 Å².